The van der Waals surface area contributed by atoms with Gasteiger partial charge in [-0.2, -0.15) is 0 Å². The smallest absolute Gasteiger partial charge is 0.157 e. The predicted octanol–water partition coefficient (Wildman–Crippen LogP) is 2.90. The van der Waals surface area contributed by atoms with Crippen molar-refractivity contribution in [3.63, 3.8) is 0 Å². The second-order valence-corrected chi connectivity index (χ2v) is 5.39. The van der Waals surface area contributed by atoms with E-state index in [1.165, 1.54) is 7.11 Å². The summed E-state index contributed by atoms with van der Waals surface area (Å²) in [5.74, 6) is -0.0128. The number of hydrogen-bond donors (Lipinski definition) is 0. The molecule has 2 aliphatic rings. The second kappa shape index (κ2) is 5.61. The van der Waals surface area contributed by atoms with Gasteiger partial charge in [0.15, 0.2) is 6.17 Å². The Morgan fingerprint density at radius 3 is 2.41 bits per heavy atom. The van der Waals surface area contributed by atoms with Crippen LogP contribution in [0.4, 0.5) is 8.78 Å². The molecule has 0 aromatic carbocycles. The van der Waals surface area contributed by atoms with Crippen molar-refractivity contribution in [2.45, 2.75) is 57.2 Å². The van der Waals surface area contributed by atoms with Crippen molar-refractivity contribution in [3.8, 4) is 0 Å². The van der Waals surface area contributed by atoms with Crippen molar-refractivity contribution in [1.82, 2.24) is 0 Å². The number of methoxy groups -OCH3 is 1. The lowest BCUT2D eigenvalue weighted by atomic mass is 9.74. The molecule has 6 unspecified atom stereocenters. The third kappa shape index (κ3) is 2.79. The summed E-state index contributed by atoms with van der Waals surface area (Å²) < 4.78 is 38.4. The van der Waals surface area contributed by atoms with Crippen LogP contribution in [0.15, 0.2) is 0 Å². The number of rotatable bonds is 2. The SMILES string of the molecule is COC1CCC(C2CCC(C)OC2)C(F)C1F. The standard InChI is InChI=1S/C13H22F2O2/c1-8-3-4-9(7-17-8)10-5-6-11(16-2)13(15)12(10)14/h8-13H,3-7H2,1-2H3. The zero-order valence-corrected chi connectivity index (χ0v) is 10.6. The van der Waals surface area contributed by atoms with Gasteiger partial charge in [0.1, 0.15) is 6.17 Å². The molecule has 0 N–H and O–H groups in total. The highest BCUT2D eigenvalue weighted by atomic mass is 19.2. The zero-order valence-electron chi connectivity index (χ0n) is 10.6. The molecule has 6 atom stereocenters. The van der Waals surface area contributed by atoms with E-state index < -0.39 is 18.4 Å². The van der Waals surface area contributed by atoms with Crippen molar-refractivity contribution >= 4 is 0 Å². The van der Waals surface area contributed by atoms with Gasteiger partial charge in [0, 0.05) is 7.11 Å². The maximum atomic E-state index is 14.0. The summed E-state index contributed by atoms with van der Waals surface area (Å²) in [5, 5.41) is 0. The fourth-order valence-electron chi connectivity index (χ4n) is 3.10. The first-order valence-electron chi connectivity index (χ1n) is 6.56. The number of alkyl halides is 2. The molecule has 2 rings (SSSR count). The van der Waals surface area contributed by atoms with Gasteiger partial charge in [-0.1, -0.05) is 0 Å². The molecule has 2 nitrogen and oxygen atoms in total. The molecule has 0 spiro atoms. The third-order valence-corrected chi connectivity index (χ3v) is 4.30. The van der Waals surface area contributed by atoms with Gasteiger partial charge in [0.25, 0.3) is 0 Å². The average Bonchev–Trinajstić information content (AvgIpc) is 2.34. The summed E-state index contributed by atoms with van der Waals surface area (Å²) in [6, 6.07) is 0. The van der Waals surface area contributed by atoms with Gasteiger partial charge in [-0.25, -0.2) is 8.78 Å². The molecule has 0 aromatic rings. The van der Waals surface area contributed by atoms with E-state index in [2.05, 4.69) is 0 Å². The molecule has 4 heteroatoms. The Balaban J connectivity index is 1.93. The molecule has 1 aliphatic carbocycles. The maximum Gasteiger partial charge on any atom is 0.157 e. The minimum atomic E-state index is -1.47. The number of halogens is 2. The van der Waals surface area contributed by atoms with Crippen LogP contribution in [0.1, 0.15) is 32.6 Å². The first kappa shape index (κ1) is 13.2. The molecule has 1 saturated heterocycles. The van der Waals surface area contributed by atoms with Crippen molar-refractivity contribution in [3.05, 3.63) is 0 Å². The van der Waals surface area contributed by atoms with E-state index in [0.717, 1.165) is 12.8 Å². The van der Waals surface area contributed by atoms with E-state index in [9.17, 15) is 8.78 Å². The van der Waals surface area contributed by atoms with Crippen LogP contribution in [0.25, 0.3) is 0 Å². The summed E-state index contributed by atoms with van der Waals surface area (Å²) in [4.78, 5) is 0. The molecular formula is C13H22F2O2. The van der Waals surface area contributed by atoms with E-state index in [0.29, 0.717) is 19.4 Å². The summed E-state index contributed by atoms with van der Waals surface area (Å²) in [5.41, 5.74) is 0. The van der Waals surface area contributed by atoms with E-state index in [1.54, 1.807) is 0 Å². The van der Waals surface area contributed by atoms with Crippen LogP contribution in [-0.4, -0.2) is 38.3 Å². The van der Waals surface area contributed by atoms with Crippen LogP contribution >= 0.6 is 0 Å². The predicted molar refractivity (Wildman–Crippen MR) is 61.5 cm³/mol. The molecule has 1 heterocycles. The third-order valence-electron chi connectivity index (χ3n) is 4.30. The number of hydrogen-bond acceptors (Lipinski definition) is 2. The van der Waals surface area contributed by atoms with Crippen molar-refractivity contribution in [2.24, 2.45) is 11.8 Å². The van der Waals surface area contributed by atoms with Crippen LogP contribution < -0.4 is 0 Å². The van der Waals surface area contributed by atoms with Crippen LogP contribution in [0.2, 0.25) is 0 Å². The van der Waals surface area contributed by atoms with E-state index in [1.807, 2.05) is 6.92 Å². The lowest BCUT2D eigenvalue weighted by molar-refractivity contribution is -0.0945. The Morgan fingerprint density at radius 1 is 1.06 bits per heavy atom. The van der Waals surface area contributed by atoms with Gasteiger partial charge in [-0.15, -0.1) is 0 Å². The molecule has 0 amide bonds. The van der Waals surface area contributed by atoms with Crippen molar-refractivity contribution in [1.29, 1.82) is 0 Å². The molecule has 0 radical (unpaired) electrons. The van der Waals surface area contributed by atoms with Crippen LogP contribution in [0, 0.1) is 11.8 Å². The Bertz CT molecular complexity index is 240. The summed E-state index contributed by atoms with van der Waals surface area (Å²) in [6.45, 7) is 2.61. The van der Waals surface area contributed by atoms with E-state index in [4.69, 9.17) is 9.47 Å². The largest absolute Gasteiger partial charge is 0.378 e. The molecule has 1 aliphatic heterocycles. The topological polar surface area (TPSA) is 18.5 Å². The minimum absolute atomic E-state index is 0.178. The monoisotopic (exact) mass is 248 g/mol. The van der Waals surface area contributed by atoms with Crippen molar-refractivity contribution < 1.29 is 18.3 Å². The quantitative estimate of drug-likeness (QED) is 0.748. The van der Waals surface area contributed by atoms with Gasteiger partial charge in [0.05, 0.1) is 18.8 Å². The molecule has 2 fully saturated rings. The van der Waals surface area contributed by atoms with Gasteiger partial charge in [0.2, 0.25) is 0 Å². The number of ether oxygens (including phenoxy) is 2. The lowest BCUT2D eigenvalue weighted by Gasteiger charge is -2.40. The highest BCUT2D eigenvalue weighted by Crippen LogP contribution is 2.39. The van der Waals surface area contributed by atoms with Crippen LogP contribution in [0.3, 0.4) is 0 Å². The molecule has 1 saturated carbocycles. The Morgan fingerprint density at radius 2 is 1.82 bits per heavy atom. The van der Waals surface area contributed by atoms with Gasteiger partial charge in [-0.05, 0) is 44.4 Å². The summed E-state index contributed by atoms with van der Waals surface area (Å²) in [6.07, 6.45) is 0.0752. The highest BCUT2D eigenvalue weighted by Gasteiger charge is 2.44. The maximum absolute atomic E-state index is 14.0. The summed E-state index contributed by atoms with van der Waals surface area (Å²) >= 11 is 0. The first-order chi connectivity index (χ1) is 8.13. The van der Waals surface area contributed by atoms with Crippen LogP contribution in [-0.2, 0) is 9.47 Å². The average molecular weight is 248 g/mol. The van der Waals surface area contributed by atoms with E-state index >= 15 is 0 Å². The van der Waals surface area contributed by atoms with Gasteiger partial charge >= 0.3 is 0 Å². The normalized spacial score (nSPS) is 48.0. The van der Waals surface area contributed by atoms with Crippen molar-refractivity contribution in [2.75, 3.05) is 13.7 Å². The molecule has 0 aromatic heterocycles. The minimum Gasteiger partial charge on any atom is -0.378 e. The van der Waals surface area contributed by atoms with E-state index in [-0.39, 0.29) is 17.9 Å². The Hall–Kier alpha value is -0.220. The molecule has 0 bridgehead atoms. The summed E-state index contributed by atoms with van der Waals surface area (Å²) in [7, 11) is 1.45. The lowest BCUT2D eigenvalue weighted by Crippen LogP contribution is -2.46. The fourth-order valence-corrected chi connectivity index (χ4v) is 3.10. The highest BCUT2D eigenvalue weighted by molar-refractivity contribution is 4.92. The fraction of sp³-hybridized carbons (Fsp3) is 1.00. The van der Waals surface area contributed by atoms with Crippen LogP contribution in [0.5, 0.6) is 0 Å². The first-order valence-corrected chi connectivity index (χ1v) is 6.56. The zero-order chi connectivity index (χ0) is 12.4. The molecular weight excluding hydrogens is 226 g/mol. The van der Waals surface area contributed by atoms with Gasteiger partial charge in [-0.3, -0.25) is 0 Å². The molecule has 100 valence electrons. The Labute approximate surface area is 102 Å². The molecule has 17 heavy (non-hydrogen) atoms. The Kier molecular flexibility index (Phi) is 4.36. The van der Waals surface area contributed by atoms with Gasteiger partial charge < -0.3 is 9.47 Å². The second-order valence-electron chi connectivity index (χ2n) is 5.39.